The number of carbonyl (C=O) groups excluding carboxylic acids is 1. The van der Waals surface area contributed by atoms with Crippen LogP contribution in [0, 0.1) is 0 Å². The molecule has 3 aromatic rings. The molecule has 7 nitrogen and oxygen atoms in total. The highest BCUT2D eigenvalue weighted by Gasteiger charge is 2.23. The van der Waals surface area contributed by atoms with Crippen LogP contribution in [-0.4, -0.2) is 50.3 Å². The van der Waals surface area contributed by atoms with E-state index in [-0.39, 0.29) is 18.0 Å². The first-order chi connectivity index (χ1) is 15.5. The molecule has 4 rings (SSSR count). The third kappa shape index (κ3) is 4.44. The normalized spacial score (nSPS) is 19.6. The Balaban J connectivity index is 1.43. The van der Waals surface area contributed by atoms with Gasteiger partial charge in [-0.15, -0.1) is 0 Å². The number of likely N-dealkylation sites (tertiary alicyclic amines) is 1. The minimum absolute atomic E-state index is 0.0566. The number of fused-ring (bicyclic) bond motifs is 3. The Bertz CT molecular complexity index is 1140. The highest BCUT2D eigenvalue weighted by molar-refractivity contribution is 6.07. The Hall–Kier alpha value is -2.67. The predicted octanol–water partition coefficient (Wildman–Crippen LogP) is 3.53. The predicted molar refractivity (Wildman–Crippen MR) is 129 cm³/mol. The molecule has 1 aromatic carbocycles. The summed E-state index contributed by atoms with van der Waals surface area (Å²) in [6.07, 6.45) is 7.36. The maximum Gasteiger partial charge on any atom is 0.291 e. The largest absolute Gasteiger partial charge is 0.354 e. The quantitative estimate of drug-likeness (QED) is 0.547. The van der Waals surface area contributed by atoms with Crippen LogP contribution >= 0.6 is 0 Å². The molecule has 7 heteroatoms. The van der Waals surface area contributed by atoms with Crippen molar-refractivity contribution < 1.29 is 4.79 Å². The standard InChI is InChI=1S/C25H35N5O2/c1-4-14-29-22-12-6-5-11-20(22)21-16-27-30(25(32)24(21)29)17-23(31)26-13-8-15-28-18(2)9-7-10-19(28)3/h5-6,11-12,16,18-19H,4,7-10,13-15,17H2,1-3H3,(H,26,31)/t18-,19-/m1/s1. The summed E-state index contributed by atoms with van der Waals surface area (Å²) in [5, 5.41) is 9.16. The lowest BCUT2D eigenvalue weighted by Crippen LogP contribution is -2.45. The maximum absolute atomic E-state index is 13.2. The van der Waals surface area contributed by atoms with Gasteiger partial charge < -0.3 is 9.88 Å². The molecule has 0 radical (unpaired) electrons. The number of benzene rings is 1. The van der Waals surface area contributed by atoms with E-state index >= 15 is 0 Å². The summed E-state index contributed by atoms with van der Waals surface area (Å²) in [7, 11) is 0. The molecule has 32 heavy (non-hydrogen) atoms. The van der Waals surface area contributed by atoms with Crippen LogP contribution in [0.3, 0.4) is 0 Å². The molecule has 1 fully saturated rings. The van der Waals surface area contributed by atoms with E-state index in [2.05, 4.69) is 40.7 Å². The smallest absolute Gasteiger partial charge is 0.291 e. The van der Waals surface area contributed by atoms with Gasteiger partial charge in [0, 0.05) is 48.0 Å². The summed E-state index contributed by atoms with van der Waals surface area (Å²) < 4.78 is 3.35. The number of rotatable bonds is 8. The number of nitrogens with one attached hydrogen (secondary N) is 1. The topological polar surface area (TPSA) is 72.2 Å². The fraction of sp³-hybridized carbons (Fsp3) is 0.560. The van der Waals surface area contributed by atoms with Gasteiger partial charge in [0.25, 0.3) is 5.56 Å². The van der Waals surface area contributed by atoms with E-state index in [0.29, 0.717) is 24.1 Å². The molecule has 3 heterocycles. The molecule has 2 atom stereocenters. The SMILES string of the molecule is CCCn1c2ccccc2c2cnn(CC(=O)NCCCN3[C@H](C)CCC[C@H]3C)c(=O)c21. The third-order valence-electron chi connectivity index (χ3n) is 6.81. The van der Waals surface area contributed by atoms with Gasteiger partial charge in [0.2, 0.25) is 5.91 Å². The van der Waals surface area contributed by atoms with Crippen LogP contribution in [0.1, 0.15) is 52.9 Å². The first-order valence-corrected chi connectivity index (χ1v) is 12.0. The molecule has 0 spiro atoms. The van der Waals surface area contributed by atoms with Crippen LogP contribution in [0.4, 0.5) is 0 Å². The summed E-state index contributed by atoms with van der Waals surface area (Å²) in [6, 6.07) is 9.23. The third-order valence-corrected chi connectivity index (χ3v) is 6.81. The van der Waals surface area contributed by atoms with Gasteiger partial charge in [-0.25, -0.2) is 4.68 Å². The van der Waals surface area contributed by atoms with Gasteiger partial charge in [0.05, 0.1) is 6.20 Å². The van der Waals surface area contributed by atoms with Crippen LogP contribution < -0.4 is 10.9 Å². The number of carbonyl (C=O) groups is 1. The Morgan fingerprint density at radius 1 is 1.12 bits per heavy atom. The minimum Gasteiger partial charge on any atom is -0.354 e. The van der Waals surface area contributed by atoms with Crippen molar-refractivity contribution in [2.45, 2.75) is 78.0 Å². The second-order valence-electron chi connectivity index (χ2n) is 9.11. The van der Waals surface area contributed by atoms with Crippen molar-refractivity contribution in [1.29, 1.82) is 0 Å². The Morgan fingerprint density at radius 3 is 2.62 bits per heavy atom. The second-order valence-corrected chi connectivity index (χ2v) is 9.11. The molecule has 0 aliphatic carbocycles. The zero-order chi connectivity index (χ0) is 22.7. The Morgan fingerprint density at radius 2 is 1.88 bits per heavy atom. The molecule has 0 unspecified atom stereocenters. The van der Waals surface area contributed by atoms with E-state index in [1.807, 2.05) is 24.3 Å². The lowest BCUT2D eigenvalue weighted by Gasteiger charge is -2.39. The molecule has 1 amide bonds. The number of nitrogens with zero attached hydrogens (tertiary/aromatic N) is 4. The first-order valence-electron chi connectivity index (χ1n) is 12.0. The Kier molecular flexibility index (Phi) is 6.94. The lowest BCUT2D eigenvalue weighted by molar-refractivity contribution is -0.121. The van der Waals surface area contributed by atoms with Crippen LogP contribution in [0.15, 0.2) is 35.3 Å². The number of hydrogen-bond donors (Lipinski definition) is 1. The summed E-state index contributed by atoms with van der Waals surface area (Å²) in [5.74, 6) is -0.170. The van der Waals surface area contributed by atoms with Gasteiger partial charge in [-0.1, -0.05) is 31.5 Å². The molecule has 1 aliphatic rings. The molecule has 1 N–H and O–H groups in total. The van der Waals surface area contributed by atoms with Gasteiger partial charge in [0.1, 0.15) is 12.1 Å². The van der Waals surface area contributed by atoms with Gasteiger partial charge in [-0.05, 0) is 45.6 Å². The molecular formula is C25H35N5O2. The van der Waals surface area contributed by atoms with Crippen molar-refractivity contribution in [3.05, 3.63) is 40.8 Å². The highest BCUT2D eigenvalue weighted by Crippen LogP contribution is 2.26. The fourth-order valence-electron chi connectivity index (χ4n) is 5.16. The highest BCUT2D eigenvalue weighted by atomic mass is 16.2. The first kappa shape index (κ1) is 22.5. The fourth-order valence-corrected chi connectivity index (χ4v) is 5.16. The summed E-state index contributed by atoms with van der Waals surface area (Å²) in [4.78, 5) is 28.3. The molecule has 2 aromatic heterocycles. The number of amides is 1. The van der Waals surface area contributed by atoms with E-state index in [4.69, 9.17) is 0 Å². The zero-order valence-corrected chi connectivity index (χ0v) is 19.5. The van der Waals surface area contributed by atoms with Gasteiger partial charge in [-0.2, -0.15) is 5.10 Å². The molecule has 0 bridgehead atoms. The molecule has 1 aliphatic heterocycles. The van der Waals surface area contributed by atoms with E-state index < -0.39 is 0 Å². The van der Waals surface area contributed by atoms with Crippen LogP contribution in [0.5, 0.6) is 0 Å². The molecule has 1 saturated heterocycles. The summed E-state index contributed by atoms with van der Waals surface area (Å²) in [5.41, 5.74) is 1.45. The van der Waals surface area contributed by atoms with E-state index in [1.54, 1.807) is 6.20 Å². The number of piperidine rings is 1. The average molecular weight is 438 g/mol. The minimum atomic E-state index is -0.210. The lowest BCUT2D eigenvalue weighted by atomic mass is 9.97. The molecular weight excluding hydrogens is 402 g/mol. The van der Waals surface area contributed by atoms with Crippen molar-refractivity contribution in [2.24, 2.45) is 0 Å². The molecule has 172 valence electrons. The Labute approximate surface area is 189 Å². The van der Waals surface area contributed by atoms with Gasteiger partial charge >= 0.3 is 0 Å². The average Bonchev–Trinajstić information content (AvgIpc) is 3.09. The molecule has 0 saturated carbocycles. The number of para-hydroxylation sites is 1. The maximum atomic E-state index is 13.2. The monoisotopic (exact) mass is 437 g/mol. The van der Waals surface area contributed by atoms with Crippen LogP contribution in [-0.2, 0) is 17.9 Å². The van der Waals surface area contributed by atoms with Gasteiger partial charge in [0.15, 0.2) is 0 Å². The summed E-state index contributed by atoms with van der Waals surface area (Å²) in [6.45, 7) is 8.98. The van der Waals surface area contributed by atoms with Gasteiger partial charge in [-0.3, -0.25) is 14.5 Å². The number of hydrogen-bond acceptors (Lipinski definition) is 4. The van der Waals surface area contributed by atoms with Crippen LogP contribution in [0.2, 0.25) is 0 Å². The van der Waals surface area contributed by atoms with Crippen molar-refractivity contribution in [1.82, 2.24) is 24.6 Å². The van der Waals surface area contributed by atoms with Crippen LogP contribution in [0.25, 0.3) is 21.8 Å². The zero-order valence-electron chi connectivity index (χ0n) is 19.5. The number of aromatic nitrogens is 3. The van der Waals surface area contributed by atoms with Crippen molar-refractivity contribution in [2.75, 3.05) is 13.1 Å². The summed E-state index contributed by atoms with van der Waals surface area (Å²) >= 11 is 0. The van der Waals surface area contributed by atoms with E-state index in [9.17, 15) is 9.59 Å². The van der Waals surface area contributed by atoms with E-state index in [0.717, 1.165) is 42.2 Å². The number of aryl methyl sites for hydroxylation is 1. The van der Waals surface area contributed by atoms with Crippen molar-refractivity contribution in [3.63, 3.8) is 0 Å². The second kappa shape index (κ2) is 9.86. The van der Waals surface area contributed by atoms with Crippen molar-refractivity contribution in [3.8, 4) is 0 Å². The van der Waals surface area contributed by atoms with E-state index in [1.165, 1.54) is 23.9 Å². The van der Waals surface area contributed by atoms with Crippen molar-refractivity contribution >= 4 is 27.7 Å².